The van der Waals surface area contributed by atoms with E-state index in [2.05, 4.69) is 10.6 Å². The fourth-order valence-electron chi connectivity index (χ4n) is 3.93. The highest BCUT2D eigenvalue weighted by Gasteiger charge is 2.34. The Morgan fingerprint density at radius 1 is 1.15 bits per heavy atom. The Kier molecular flexibility index (Phi) is 5.85. The van der Waals surface area contributed by atoms with Crippen molar-refractivity contribution in [3.8, 4) is 0 Å². The van der Waals surface area contributed by atoms with Crippen molar-refractivity contribution in [1.29, 1.82) is 0 Å². The molecule has 0 aliphatic heterocycles. The number of carbonyl (C=O) groups excluding carboxylic acids is 1. The van der Waals surface area contributed by atoms with Gasteiger partial charge in [0.25, 0.3) is 0 Å². The van der Waals surface area contributed by atoms with Gasteiger partial charge in [0.15, 0.2) is 0 Å². The molecule has 3 N–H and O–H groups in total. The van der Waals surface area contributed by atoms with Crippen LogP contribution in [0.25, 0.3) is 0 Å². The molecule has 2 rings (SSSR count). The molecule has 4 heteroatoms. The third kappa shape index (κ3) is 3.95. The van der Waals surface area contributed by atoms with E-state index < -0.39 is 0 Å². The van der Waals surface area contributed by atoms with Crippen LogP contribution < -0.4 is 10.6 Å². The maximum absolute atomic E-state index is 12.4. The summed E-state index contributed by atoms with van der Waals surface area (Å²) in [6.45, 7) is 0.197. The molecule has 0 bridgehead atoms. The average Bonchev–Trinajstić information content (AvgIpc) is 2.48. The molecule has 20 heavy (non-hydrogen) atoms. The summed E-state index contributed by atoms with van der Waals surface area (Å²) in [5, 5.41) is 16.0. The Hall–Kier alpha value is -0.610. The summed E-state index contributed by atoms with van der Waals surface area (Å²) in [4.78, 5) is 12.4. The number of nitrogens with one attached hydrogen (secondary N) is 2. The lowest BCUT2D eigenvalue weighted by atomic mass is 9.79. The zero-order chi connectivity index (χ0) is 14.4. The number of rotatable bonds is 5. The summed E-state index contributed by atoms with van der Waals surface area (Å²) in [6.07, 6.45) is 10.9. The Morgan fingerprint density at radius 2 is 1.85 bits per heavy atom. The van der Waals surface area contributed by atoms with Crippen molar-refractivity contribution >= 4 is 5.91 Å². The SMILES string of the molecule is CNC1(CC(=O)NC2CCCCC2CO)CCCCC1. The minimum atomic E-state index is 0.00567. The van der Waals surface area contributed by atoms with Crippen molar-refractivity contribution in [2.45, 2.75) is 75.8 Å². The van der Waals surface area contributed by atoms with Gasteiger partial charge in [0.1, 0.15) is 0 Å². The molecule has 1 amide bonds. The van der Waals surface area contributed by atoms with Gasteiger partial charge in [0.05, 0.1) is 0 Å². The normalized spacial score (nSPS) is 29.9. The van der Waals surface area contributed by atoms with Gasteiger partial charge >= 0.3 is 0 Å². The lowest BCUT2D eigenvalue weighted by Crippen LogP contribution is -2.51. The van der Waals surface area contributed by atoms with Crippen LogP contribution in [0.15, 0.2) is 0 Å². The fourth-order valence-corrected chi connectivity index (χ4v) is 3.93. The van der Waals surface area contributed by atoms with E-state index in [1.54, 1.807) is 0 Å². The second-order valence-corrected chi connectivity index (χ2v) is 6.67. The van der Waals surface area contributed by atoms with Crippen LogP contribution in [-0.4, -0.2) is 36.2 Å². The standard InChI is InChI=1S/C16H30N2O2/c1-17-16(9-5-2-6-10-16)11-15(20)18-14-8-4-3-7-13(14)12-19/h13-14,17,19H,2-12H2,1H3,(H,18,20). The highest BCUT2D eigenvalue weighted by Crippen LogP contribution is 2.31. The van der Waals surface area contributed by atoms with Gasteiger partial charge in [-0.1, -0.05) is 32.1 Å². The predicted octanol–water partition coefficient (Wildman–Crippen LogP) is 1.97. The van der Waals surface area contributed by atoms with E-state index in [0.717, 1.165) is 25.7 Å². The molecule has 0 spiro atoms. The molecule has 2 aliphatic carbocycles. The largest absolute Gasteiger partial charge is 0.396 e. The van der Waals surface area contributed by atoms with Crippen LogP contribution in [0, 0.1) is 5.92 Å². The van der Waals surface area contributed by atoms with Gasteiger partial charge in [0, 0.05) is 30.5 Å². The van der Waals surface area contributed by atoms with E-state index in [0.29, 0.717) is 6.42 Å². The monoisotopic (exact) mass is 282 g/mol. The summed E-state index contributed by atoms with van der Waals surface area (Å²) >= 11 is 0. The zero-order valence-corrected chi connectivity index (χ0v) is 12.8. The third-order valence-electron chi connectivity index (χ3n) is 5.33. The topological polar surface area (TPSA) is 61.4 Å². The van der Waals surface area contributed by atoms with Crippen LogP contribution >= 0.6 is 0 Å². The number of hydrogen-bond acceptors (Lipinski definition) is 3. The second kappa shape index (κ2) is 7.41. The molecule has 2 atom stereocenters. The first kappa shape index (κ1) is 15.8. The van der Waals surface area contributed by atoms with Crippen molar-refractivity contribution in [3.63, 3.8) is 0 Å². The van der Waals surface area contributed by atoms with Crippen molar-refractivity contribution in [2.75, 3.05) is 13.7 Å². The Bertz CT molecular complexity index is 314. The summed E-state index contributed by atoms with van der Waals surface area (Å²) in [5.74, 6) is 0.413. The minimum Gasteiger partial charge on any atom is -0.396 e. The van der Waals surface area contributed by atoms with Gasteiger partial charge < -0.3 is 15.7 Å². The Balaban J connectivity index is 1.87. The minimum absolute atomic E-state index is 0.00567. The number of hydrogen-bond donors (Lipinski definition) is 3. The van der Waals surface area contributed by atoms with Crippen LogP contribution in [0.4, 0.5) is 0 Å². The van der Waals surface area contributed by atoms with E-state index >= 15 is 0 Å². The van der Waals surface area contributed by atoms with Crippen LogP contribution in [0.3, 0.4) is 0 Å². The molecule has 2 aliphatic rings. The van der Waals surface area contributed by atoms with Gasteiger partial charge in [-0.3, -0.25) is 4.79 Å². The molecular weight excluding hydrogens is 252 g/mol. The molecule has 116 valence electrons. The first-order valence-electron chi connectivity index (χ1n) is 8.28. The maximum atomic E-state index is 12.4. The summed E-state index contributed by atoms with van der Waals surface area (Å²) < 4.78 is 0. The van der Waals surface area contributed by atoms with Crippen LogP contribution in [-0.2, 0) is 4.79 Å². The highest BCUT2D eigenvalue weighted by atomic mass is 16.3. The van der Waals surface area contributed by atoms with Crippen LogP contribution in [0.5, 0.6) is 0 Å². The smallest absolute Gasteiger partial charge is 0.222 e. The average molecular weight is 282 g/mol. The van der Waals surface area contributed by atoms with Crippen molar-refractivity contribution in [3.05, 3.63) is 0 Å². The lowest BCUT2D eigenvalue weighted by Gasteiger charge is -2.38. The molecule has 0 aromatic heterocycles. The second-order valence-electron chi connectivity index (χ2n) is 6.67. The molecule has 2 fully saturated rings. The summed E-state index contributed by atoms with van der Waals surface area (Å²) in [6, 6.07) is 0.179. The van der Waals surface area contributed by atoms with Crippen LogP contribution in [0.1, 0.15) is 64.2 Å². The summed E-state index contributed by atoms with van der Waals surface area (Å²) in [7, 11) is 1.98. The predicted molar refractivity (Wildman–Crippen MR) is 80.5 cm³/mol. The van der Waals surface area contributed by atoms with Gasteiger partial charge in [0.2, 0.25) is 5.91 Å². The van der Waals surface area contributed by atoms with Crippen molar-refractivity contribution in [1.82, 2.24) is 10.6 Å². The van der Waals surface area contributed by atoms with E-state index in [-0.39, 0.29) is 30.0 Å². The fraction of sp³-hybridized carbons (Fsp3) is 0.938. The molecule has 0 radical (unpaired) electrons. The molecular formula is C16H30N2O2. The quantitative estimate of drug-likeness (QED) is 0.722. The number of aliphatic hydroxyl groups is 1. The zero-order valence-electron chi connectivity index (χ0n) is 12.8. The first-order chi connectivity index (χ1) is 9.69. The molecule has 0 aromatic rings. The molecule has 4 nitrogen and oxygen atoms in total. The van der Waals surface area contributed by atoms with Crippen molar-refractivity contribution < 1.29 is 9.90 Å². The van der Waals surface area contributed by atoms with E-state index in [1.807, 2.05) is 7.05 Å². The third-order valence-corrected chi connectivity index (χ3v) is 5.33. The molecule has 0 heterocycles. The molecule has 2 unspecified atom stereocenters. The van der Waals surface area contributed by atoms with Crippen LogP contribution in [0.2, 0.25) is 0 Å². The number of aliphatic hydroxyl groups excluding tert-OH is 1. The van der Waals surface area contributed by atoms with E-state index in [4.69, 9.17) is 0 Å². The lowest BCUT2D eigenvalue weighted by molar-refractivity contribution is -0.124. The van der Waals surface area contributed by atoms with Gasteiger partial charge in [-0.05, 0) is 32.7 Å². The van der Waals surface area contributed by atoms with Crippen molar-refractivity contribution in [2.24, 2.45) is 5.92 Å². The molecule has 2 saturated carbocycles. The Labute approximate surface area is 122 Å². The van der Waals surface area contributed by atoms with E-state index in [1.165, 1.54) is 32.1 Å². The first-order valence-corrected chi connectivity index (χ1v) is 8.28. The van der Waals surface area contributed by atoms with Gasteiger partial charge in [-0.25, -0.2) is 0 Å². The molecule has 0 aromatic carbocycles. The highest BCUT2D eigenvalue weighted by molar-refractivity contribution is 5.77. The van der Waals surface area contributed by atoms with E-state index in [9.17, 15) is 9.90 Å². The summed E-state index contributed by atoms with van der Waals surface area (Å²) in [5.41, 5.74) is 0.00567. The van der Waals surface area contributed by atoms with Gasteiger partial charge in [-0.2, -0.15) is 0 Å². The Morgan fingerprint density at radius 3 is 2.50 bits per heavy atom. The number of carbonyl (C=O) groups is 1. The van der Waals surface area contributed by atoms with Gasteiger partial charge in [-0.15, -0.1) is 0 Å². The molecule has 0 saturated heterocycles. The number of amides is 1. The maximum Gasteiger partial charge on any atom is 0.222 e.